The van der Waals surface area contributed by atoms with Gasteiger partial charge >= 0.3 is 0 Å². The van der Waals surface area contributed by atoms with Gasteiger partial charge in [0, 0.05) is 12.6 Å². The number of hydrogen-bond acceptors (Lipinski definition) is 4. The highest BCUT2D eigenvalue weighted by Crippen LogP contribution is 2.21. The van der Waals surface area contributed by atoms with E-state index >= 15 is 0 Å². The molecule has 0 radical (unpaired) electrons. The van der Waals surface area contributed by atoms with E-state index in [2.05, 4.69) is 5.32 Å². The zero-order valence-corrected chi connectivity index (χ0v) is 10.3. The normalized spacial score (nSPS) is 9.80. The first-order valence-corrected chi connectivity index (χ1v) is 5.77. The molecule has 0 aliphatic rings. The van der Waals surface area contributed by atoms with Gasteiger partial charge in [-0.1, -0.05) is 18.2 Å². The van der Waals surface area contributed by atoms with Gasteiger partial charge in [-0.15, -0.1) is 0 Å². The Hall–Kier alpha value is -2.94. The number of non-ortho nitro benzene ring substituents is 1. The van der Waals surface area contributed by atoms with Crippen LogP contribution in [0.4, 0.5) is 15.8 Å². The van der Waals surface area contributed by atoms with Gasteiger partial charge in [-0.25, -0.2) is 4.39 Å². The Bertz CT molecular complexity index is 695. The quantitative estimate of drug-likeness (QED) is 0.684. The molecule has 100 valence electrons. The third-order valence-electron chi connectivity index (χ3n) is 2.77. The van der Waals surface area contributed by atoms with E-state index in [1.54, 1.807) is 24.3 Å². The number of halogens is 1. The van der Waals surface area contributed by atoms with E-state index in [0.717, 1.165) is 11.6 Å². The smallest absolute Gasteiger partial charge is 0.272 e. The largest absolute Gasteiger partial charge is 0.379 e. The number of nitro benzene ring substituents is 1. The lowest BCUT2D eigenvalue weighted by molar-refractivity contribution is -0.385. The van der Waals surface area contributed by atoms with Gasteiger partial charge in [-0.3, -0.25) is 10.1 Å². The third-order valence-corrected chi connectivity index (χ3v) is 2.77. The first-order valence-electron chi connectivity index (χ1n) is 5.77. The molecule has 0 heterocycles. The molecular weight excluding hydrogens is 261 g/mol. The molecule has 5 nitrogen and oxygen atoms in total. The average molecular weight is 271 g/mol. The van der Waals surface area contributed by atoms with Crippen LogP contribution in [0.15, 0.2) is 42.5 Å². The lowest BCUT2D eigenvalue weighted by Gasteiger charge is -2.08. The second kappa shape index (κ2) is 5.80. The molecule has 0 saturated heterocycles. The molecule has 1 N–H and O–H groups in total. The summed E-state index contributed by atoms with van der Waals surface area (Å²) in [4.78, 5) is 9.85. The van der Waals surface area contributed by atoms with Gasteiger partial charge in [-0.2, -0.15) is 5.26 Å². The molecule has 2 aromatic carbocycles. The van der Waals surface area contributed by atoms with Crippen LogP contribution in [0.5, 0.6) is 0 Å². The fourth-order valence-corrected chi connectivity index (χ4v) is 1.73. The fraction of sp³-hybridized carbons (Fsp3) is 0.0714. The molecule has 0 atom stereocenters. The highest BCUT2D eigenvalue weighted by Gasteiger charge is 2.10. The third kappa shape index (κ3) is 2.90. The standard InChI is InChI=1S/C14H10FN3O2/c15-13-7-12(18(19)20)5-6-14(13)17-9-11-4-2-1-3-10(11)8-16/h1-7,17H,9H2. The molecule has 0 saturated carbocycles. The SMILES string of the molecule is N#Cc1ccccc1CNc1ccc([N+](=O)[O-])cc1F. The average Bonchev–Trinajstić information content (AvgIpc) is 2.46. The van der Waals surface area contributed by atoms with Crippen LogP contribution in [-0.2, 0) is 6.54 Å². The number of rotatable bonds is 4. The van der Waals surface area contributed by atoms with Crippen molar-refractivity contribution >= 4 is 11.4 Å². The molecule has 0 fully saturated rings. The molecule has 0 unspecified atom stereocenters. The molecule has 0 aliphatic heterocycles. The Labute approximate surface area is 114 Å². The molecule has 20 heavy (non-hydrogen) atoms. The van der Waals surface area contributed by atoms with E-state index in [4.69, 9.17) is 5.26 Å². The van der Waals surface area contributed by atoms with Crippen molar-refractivity contribution in [1.82, 2.24) is 0 Å². The fourth-order valence-electron chi connectivity index (χ4n) is 1.73. The van der Waals surface area contributed by atoms with Gasteiger partial charge < -0.3 is 5.32 Å². The summed E-state index contributed by atoms with van der Waals surface area (Å²) in [6, 6.07) is 12.4. The molecule has 0 amide bonds. The summed E-state index contributed by atoms with van der Waals surface area (Å²) >= 11 is 0. The Kier molecular flexibility index (Phi) is 3.91. The molecule has 0 aliphatic carbocycles. The maximum atomic E-state index is 13.7. The highest BCUT2D eigenvalue weighted by atomic mass is 19.1. The Balaban J connectivity index is 2.16. The molecule has 0 spiro atoms. The molecule has 2 aromatic rings. The van der Waals surface area contributed by atoms with Crippen LogP contribution in [0.1, 0.15) is 11.1 Å². The van der Waals surface area contributed by atoms with Crippen molar-refractivity contribution in [3.63, 3.8) is 0 Å². The minimum Gasteiger partial charge on any atom is -0.379 e. The predicted octanol–water partition coefficient (Wildman–Crippen LogP) is 3.22. The first-order chi connectivity index (χ1) is 9.61. The summed E-state index contributed by atoms with van der Waals surface area (Å²) in [7, 11) is 0. The number of benzene rings is 2. The summed E-state index contributed by atoms with van der Waals surface area (Å²) in [5.41, 5.74) is 1.09. The van der Waals surface area contributed by atoms with Crippen molar-refractivity contribution in [3.05, 3.63) is 69.5 Å². The van der Waals surface area contributed by atoms with E-state index in [-0.39, 0.29) is 17.9 Å². The number of nitrogens with one attached hydrogen (secondary N) is 1. The lowest BCUT2D eigenvalue weighted by Crippen LogP contribution is -2.03. The number of anilines is 1. The van der Waals surface area contributed by atoms with Crippen LogP contribution < -0.4 is 5.32 Å². The van der Waals surface area contributed by atoms with Crippen LogP contribution in [0.25, 0.3) is 0 Å². The zero-order chi connectivity index (χ0) is 14.5. The van der Waals surface area contributed by atoms with E-state index < -0.39 is 10.7 Å². The van der Waals surface area contributed by atoms with E-state index in [1.165, 1.54) is 12.1 Å². The minimum atomic E-state index is -0.700. The molecule has 0 bridgehead atoms. The maximum absolute atomic E-state index is 13.7. The van der Waals surface area contributed by atoms with E-state index in [9.17, 15) is 14.5 Å². The summed E-state index contributed by atoms with van der Waals surface area (Å²) in [5, 5.41) is 22.3. The van der Waals surface area contributed by atoms with Crippen molar-refractivity contribution in [2.45, 2.75) is 6.54 Å². The highest BCUT2D eigenvalue weighted by molar-refractivity contribution is 5.51. The summed E-state index contributed by atoms with van der Waals surface area (Å²) in [5.74, 6) is -0.700. The first kappa shape index (κ1) is 13.5. The van der Waals surface area contributed by atoms with E-state index in [1.807, 2.05) is 6.07 Å². The lowest BCUT2D eigenvalue weighted by atomic mass is 10.1. The Morgan fingerprint density at radius 1 is 1.30 bits per heavy atom. The monoisotopic (exact) mass is 271 g/mol. The van der Waals surface area contributed by atoms with Crippen molar-refractivity contribution in [2.75, 3.05) is 5.32 Å². The minimum absolute atomic E-state index is 0.156. The molecular formula is C14H10FN3O2. The van der Waals surface area contributed by atoms with Crippen molar-refractivity contribution in [2.24, 2.45) is 0 Å². The van der Waals surface area contributed by atoms with Gasteiger partial charge in [0.25, 0.3) is 5.69 Å². The van der Waals surface area contributed by atoms with Crippen LogP contribution in [0.2, 0.25) is 0 Å². The van der Waals surface area contributed by atoms with Crippen LogP contribution >= 0.6 is 0 Å². The zero-order valence-electron chi connectivity index (χ0n) is 10.3. The number of hydrogen-bond donors (Lipinski definition) is 1. The number of nitriles is 1. The summed E-state index contributed by atoms with van der Waals surface area (Å²) < 4.78 is 13.7. The van der Waals surface area contributed by atoms with Gasteiger partial charge in [-0.05, 0) is 17.7 Å². The topological polar surface area (TPSA) is 79.0 Å². The van der Waals surface area contributed by atoms with Crippen LogP contribution in [0, 0.1) is 27.3 Å². The number of nitro groups is 1. The predicted molar refractivity (Wildman–Crippen MR) is 71.5 cm³/mol. The van der Waals surface area contributed by atoms with Gasteiger partial charge in [0.2, 0.25) is 0 Å². The number of nitrogens with zero attached hydrogens (tertiary/aromatic N) is 2. The van der Waals surface area contributed by atoms with Gasteiger partial charge in [0.1, 0.15) is 0 Å². The summed E-state index contributed by atoms with van der Waals surface area (Å²) in [6.07, 6.45) is 0. The second-order valence-corrected chi connectivity index (χ2v) is 4.04. The molecule has 6 heteroatoms. The maximum Gasteiger partial charge on any atom is 0.272 e. The van der Waals surface area contributed by atoms with Crippen LogP contribution in [0.3, 0.4) is 0 Å². The molecule has 2 rings (SSSR count). The van der Waals surface area contributed by atoms with Crippen LogP contribution in [-0.4, -0.2) is 4.92 Å². The van der Waals surface area contributed by atoms with Crippen molar-refractivity contribution in [1.29, 1.82) is 5.26 Å². The molecule has 0 aromatic heterocycles. The van der Waals surface area contributed by atoms with Crippen molar-refractivity contribution < 1.29 is 9.31 Å². The second-order valence-electron chi connectivity index (χ2n) is 4.04. The van der Waals surface area contributed by atoms with Gasteiger partial charge in [0.05, 0.1) is 28.3 Å². The van der Waals surface area contributed by atoms with Crippen molar-refractivity contribution in [3.8, 4) is 6.07 Å². The Morgan fingerprint density at radius 2 is 2.05 bits per heavy atom. The van der Waals surface area contributed by atoms with E-state index in [0.29, 0.717) is 5.56 Å². The van der Waals surface area contributed by atoms with Gasteiger partial charge in [0.15, 0.2) is 5.82 Å². The Morgan fingerprint density at radius 3 is 2.70 bits per heavy atom. The summed E-state index contributed by atoms with van der Waals surface area (Å²) in [6.45, 7) is 0.262.